The highest BCUT2D eigenvalue weighted by Gasteiger charge is 2.23. The van der Waals surface area contributed by atoms with Gasteiger partial charge in [0.25, 0.3) is 0 Å². The summed E-state index contributed by atoms with van der Waals surface area (Å²) < 4.78 is 23.2. The Morgan fingerprint density at radius 2 is 1.83 bits per heavy atom. The van der Waals surface area contributed by atoms with Crippen LogP contribution in [0.25, 0.3) is 0 Å². The van der Waals surface area contributed by atoms with Gasteiger partial charge in [0.15, 0.2) is 5.96 Å². The molecule has 0 amide bonds. The van der Waals surface area contributed by atoms with Gasteiger partial charge in [-0.15, -0.1) is 0 Å². The van der Waals surface area contributed by atoms with E-state index in [0.717, 1.165) is 31.7 Å². The lowest BCUT2D eigenvalue weighted by Crippen LogP contribution is -2.42. The average molecular weight is 430 g/mol. The molecule has 2 aromatic rings. The van der Waals surface area contributed by atoms with E-state index in [4.69, 9.17) is 5.14 Å². The standard InChI is InChI=1S/C22H31N5O2S/c1-2-24-22(25-16-18-9-8-12-20(15-18)30(23,28)29)26-17-21(27-13-6-7-14-27)19-10-4-3-5-11-19/h3-5,8-12,15,21H,2,6-7,13-14,16-17H2,1H3,(H2,23,28,29)(H2,24,25,26). The zero-order valence-electron chi connectivity index (χ0n) is 17.4. The van der Waals surface area contributed by atoms with E-state index >= 15 is 0 Å². The molecule has 0 spiro atoms. The van der Waals surface area contributed by atoms with Crippen LogP contribution in [0.1, 0.15) is 36.9 Å². The van der Waals surface area contributed by atoms with Crippen molar-refractivity contribution in [3.63, 3.8) is 0 Å². The van der Waals surface area contributed by atoms with Crippen molar-refractivity contribution in [2.45, 2.75) is 37.2 Å². The number of hydrogen-bond acceptors (Lipinski definition) is 4. The van der Waals surface area contributed by atoms with Crippen molar-refractivity contribution in [2.24, 2.45) is 10.1 Å². The molecule has 0 bridgehead atoms. The molecule has 2 aromatic carbocycles. The summed E-state index contributed by atoms with van der Waals surface area (Å²) in [4.78, 5) is 7.26. The van der Waals surface area contributed by atoms with Crippen LogP contribution in [0.5, 0.6) is 0 Å². The quantitative estimate of drug-likeness (QED) is 0.441. The van der Waals surface area contributed by atoms with Crippen LogP contribution in [-0.2, 0) is 16.6 Å². The number of nitrogens with two attached hydrogens (primary N) is 1. The summed E-state index contributed by atoms with van der Waals surface area (Å²) in [5, 5.41) is 12.0. The molecule has 0 aliphatic carbocycles. The summed E-state index contributed by atoms with van der Waals surface area (Å²) in [6.45, 7) is 6.08. The van der Waals surface area contributed by atoms with Crippen molar-refractivity contribution in [1.29, 1.82) is 0 Å². The summed E-state index contributed by atoms with van der Waals surface area (Å²) in [6.07, 6.45) is 2.47. The van der Waals surface area contributed by atoms with Gasteiger partial charge in [-0.05, 0) is 56.1 Å². The highest BCUT2D eigenvalue weighted by molar-refractivity contribution is 7.89. The normalized spacial score (nSPS) is 16.4. The highest BCUT2D eigenvalue weighted by atomic mass is 32.2. The Morgan fingerprint density at radius 3 is 2.50 bits per heavy atom. The van der Waals surface area contributed by atoms with E-state index in [2.05, 4.69) is 44.8 Å². The van der Waals surface area contributed by atoms with E-state index in [1.165, 1.54) is 24.5 Å². The fourth-order valence-corrected chi connectivity index (χ4v) is 4.30. The van der Waals surface area contributed by atoms with Crippen molar-refractivity contribution < 1.29 is 8.42 Å². The van der Waals surface area contributed by atoms with E-state index in [1.54, 1.807) is 12.1 Å². The zero-order chi connectivity index (χ0) is 21.4. The molecular formula is C22H31N5O2S. The maximum absolute atomic E-state index is 11.6. The predicted octanol–water partition coefficient (Wildman–Crippen LogP) is 2.23. The summed E-state index contributed by atoms with van der Waals surface area (Å²) in [7, 11) is -3.72. The second kappa shape index (κ2) is 10.6. The number of nitrogens with zero attached hydrogens (tertiary/aromatic N) is 2. The number of benzene rings is 2. The van der Waals surface area contributed by atoms with Crippen molar-refractivity contribution in [3.05, 3.63) is 65.7 Å². The first-order valence-electron chi connectivity index (χ1n) is 10.4. The van der Waals surface area contributed by atoms with Crippen LogP contribution < -0.4 is 15.8 Å². The minimum atomic E-state index is -3.72. The Hall–Kier alpha value is -2.42. The number of sulfonamides is 1. The van der Waals surface area contributed by atoms with E-state index in [0.29, 0.717) is 12.5 Å². The highest BCUT2D eigenvalue weighted by Crippen LogP contribution is 2.24. The molecule has 1 aliphatic rings. The van der Waals surface area contributed by atoms with Gasteiger partial charge >= 0.3 is 0 Å². The minimum Gasteiger partial charge on any atom is -0.357 e. The van der Waals surface area contributed by atoms with Gasteiger partial charge in [0, 0.05) is 13.1 Å². The topological polar surface area (TPSA) is 99.8 Å². The molecule has 1 fully saturated rings. The third-order valence-corrected chi connectivity index (χ3v) is 6.13. The molecule has 1 aliphatic heterocycles. The van der Waals surface area contributed by atoms with Crippen LogP contribution in [-0.4, -0.2) is 45.5 Å². The molecule has 1 saturated heterocycles. The van der Waals surface area contributed by atoms with E-state index in [9.17, 15) is 8.42 Å². The number of primary sulfonamides is 1. The lowest BCUT2D eigenvalue weighted by atomic mass is 10.1. The SMILES string of the molecule is CCNC(=NCc1cccc(S(N)(=O)=O)c1)NCC(c1ccccc1)N1CCCC1. The van der Waals surface area contributed by atoms with Gasteiger partial charge in [0.1, 0.15) is 0 Å². The number of aliphatic imine (C=N–C) groups is 1. The average Bonchev–Trinajstić information content (AvgIpc) is 3.27. The van der Waals surface area contributed by atoms with Gasteiger partial charge in [0.05, 0.1) is 17.5 Å². The molecule has 0 radical (unpaired) electrons. The fourth-order valence-electron chi connectivity index (χ4n) is 3.71. The summed E-state index contributed by atoms with van der Waals surface area (Å²) in [5.74, 6) is 0.707. The first kappa shape index (κ1) is 22.3. The third-order valence-electron chi connectivity index (χ3n) is 5.22. The van der Waals surface area contributed by atoms with Gasteiger partial charge in [0.2, 0.25) is 10.0 Å². The lowest BCUT2D eigenvalue weighted by Gasteiger charge is -2.29. The van der Waals surface area contributed by atoms with Crippen LogP contribution in [0.2, 0.25) is 0 Å². The molecule has 0 saturated carbocycles. The zero-order valence-corrected chi connectivity index (χ0v) is 18.2. The van der Waals surface area contributed by atoms with Crippen LogP contribution in [0.15, 0.2) is 64.5 Å². The van der Waals surface area contributed by atoms with Crippen LogP contribution in [0.4, 0.5) is 0 Å². The minimum absolute atomic E-state index is 0.103. The molecule has 0 aromatic heterocycles. The molecule has 30 heavy (non-hydrogen) atoms. The van der Waals surface area contributed by atoms with E-state index < -0.39 is 10.0 Å². The Kier molecular flexibility index (Phi) is 7.84. The van der Waals surface area contributed by atoms with Gasteiger partial charge in [-0.25, -0.2) is 18.5 Å². The number of hydrogen-bond donors (Lipinski definition) is 3. The lowest BCUT2D eigenvalue weighted by molar-refractivity contribution is 0.245. The van der Waals surface area contributed by atoms with Gasteiger partial charge in [-0.2, -0.15) is 0 Å². The van der Waals surface area contributed by atoms with Gasteiger partial charge < -0.3 is 10.6 Å². The number of rotatable bonds is 8. The summed E-state index contributed by atoms with van der Waals surface area (Å²) in [6, 6.07) is 17.4. The molecular weight excluding hydrogens is 398 g/mol. The molecule has 8 heteroatoms. The van der Waals surface area contributed by atoms with Crippen molar-refractivity contribution in [2.75, 3.05) is 26.2 Å². The fraction of sp³-hybridized carbons (Fsp3) is 0.409. The van der Waals surface area contributed by atoms with Gasteiger partial charge in [-0.1, -0.05) is 42.5 Å². The van der Waals surface area contributed by atoms with E-state index in [1.807, 2.05) is 19.1 Å². The molecule has 7 nitrogen and oxygen atoms in total. The first-order chi connectivity index (χ1) is 14.5. The molecule has 162 valence electrons. The Morgan fingerprint density at radius 1 is 1.10 bits per heavy atom. The number of likely N-dealkylation sites (tertiary alicyclic amines) is 1. The number of nitrogens with one attached hydrogen (secondary N) is 2. The van der Waals surface area contributed by atoms with Gasteiger partial charge in [-0.3, -0.25) is 4.90 Å². The van der Waals surface area contributed by atoms with Crippen molar-refractivity contribution >= 4 is 16.0 Å². The third kappa shape index (κ3) is 6.29. The predicted molar refractivity (Wildman–Crippen MR) is 121 cm³/mol. The number of guanidine groups is 1. The molecule has 3 rings (SSSR count). The first-order valence-corrected chi connectivity index (χ1v) is 11.9. The molecule has 4 N–H and O–H groups in total. The van der Waals surface area contributed by atoms with Crippen molar-refractivity contribution in [1.82, 2.24) is 15.5 Å². The summed E-state index contributed by atoms with van der Waals surface area (Å²) >= 11 is 0. The second-order valence-corrected chi connectivity index (χ2v) is 9.00. The van der Waals surface area contributed by atoms with Crippen molar-refractivity contribution in [3.8, 4) is 0 Å². The smallest absolute Gasteiger partial charge is 0.238 e. The summed E-state index contributed by atoms with van der Waals surface area (Å²) in [5.41, 5.74) is 2.08. The van der Waals surface area contributed by atoms with Crippen LogP contribution in [0.3, 0.4) is 0 Å². The molecule has 1 heterocycles. The van der Waals surface area contributed by atoms with E-state index in [-0.39, 0.29) is 10.9 Å². The largest absolute Gasteiger partial charge is 0.357 e. The Labute approximate surface area is 179 Å². The van der Waals surface area contributed by atoms with Crippen LogP contribution >= 0.6 is 0 Å². The maximum atomic E-state index is 11.6. The monoisotopic (exact) mass is 429 g/mol. The molecule has 1 atom stereocenters. The molecule has 1 unspecified atom stereocenters. The maximum Gasteiger partial charge on any atom is 0.238 e. The Bertz CT molecular complexity index is 941. The Balaban J connectivity index is 1.71. The second-order valence-electron chi connectivity index (χ2n) is 7.44. The van der Waals surface area contributed by atoms with Crippen LogP contribution in [0, 0.1) is 0 Å².